The van der Waals surface area contributed by atoms with Crippen molar-refractivity contribution in [2.24, 2.45) is 0 Å². The fourth-order valence-electron chi connectivity index (χ4n) is 3.61. The van der Waals surface area contributed by atoms with Gasteiger partial charge < -0.3 is 11.1 Å². The van der Waals surface area contributed by atoms with Crippen LogP contribution in [-0.4, -0.2) is 39.4 Å². The molecular formula is C19H22N6OS. The Kier molecular flexibility index (Phi) is 5.00. The summed E-state index contributed by atoms with van der Waals surface area (Å²) in [5.74, 6) is -0.168. The van der Waals surface area contributed by atoms with Crippen molar-refractivity contribution in [1.29, 1.82) is 0 Å². The van der Waals surface area contributed by atoms with E-state index in [0.717, 1.165) is 41.1 Å². The van der Waals surface area contributed by atoms with E-state index in [2.05, 4.69) is 20.2 Å². The second-order valence-corrected chi connectivity index (χ2v) is 7.69. The summed E-state index contributed by atoms with van der Waals surface area (Å²) in [4.78, 5) is 29.2. The molecule has 0 aliphatic carbocycles. The van der Waals surface area contributed by atoms with E-state index in [4.69, 9.17) is 10.7 Å². The molecule has 140 valence electrons. The first kappa shape index (κ1) is 17.8. The fraction of sp³-hybridized carbons (Fsp3) is 0.368. The van der Waals surface area contributed by atoms with Crippen molar-refractivity contribution >= 4 is 33.1 Å². The highest BCUT2D eigenvalue weighted by molar-refractivity contribution is 7.21. The molecule has 1 aliphatic rings. The standard InChI is InChI=1S/C19H22N6OS/c1-21-18(26)17-16(20)13-5-6-14(24-19(13)27-17)15-4-2-3-9-25(15)11-12-10-22-7-8-23-12/h5-8,10,15H,2-4,9,11,20H2,1H3,(H,21,26). The third kappa shape index (κ3) is 3.50. The van der Waals surface area contributed by atoms with E-state index in [9.17, 15) is 4.79 Å². The van der Waals surface area contributed by atoms with Gasteiger partial charge in [-0.2, -0.15) is 0 Å². The average molecular weight is 382 g/mol. The third-order valence-corrected chi connectivity index (χ3v) is 6.10. The molecule has 27 heavy (non-hydrogen) atoms. The molecule has 4 rings (SSSR count). The summed E-state index contributed by atoms with van der Waals surface area (Å²) in [7, 11) is 1.61. The fourth-order valence-corrected chi connectivity index (χ4v) is 4.66. The Morgan fingerprint density at radius 1 is 1.37 bits per heavy atom. The zero-order chi connectivity index (χ0) is 18.8. The quantitative estimate of drug-likeness (QED) is 0.720. The topological polar surface area (TPSA) is 97.0 Å². The number of fused-ring (bicyclic) bond motifs is 1. The van der Waals surface area contributed by atoms with Crippen LogP contribution in [0.5, 0.6) is 0 Å². The number of hydrogen-bond donors (Lipinski definition) is 2. The van der Waals surface area contributed by atoms with E-state index in [0.29, 0.717) is 10.6 Å². The van der Waals surface area contributed by atoms with Crippen molar-refractivity contribution in [2.75, 3.05) is 19.3 Å². The molecule has 0 aromatic carbocycles. The van der Waals surface area contributed by atoms with Gasteiger partial charge in [-0.3, -0.25) is 19.7 Å². The van der Waals surface area contributed by atoms with Gasteiger partial charge in [0.1, 0.15) is 9.71 Å². The number of carbonyl (C=O) groups is 1. The lowest BCUT2D eigenvalue weighted by Crippen LogP contribution is -2.33. The average Bonchev–Trinajstić information content (AvgIpc) is 3.04. The molecule has 1 fully saturated rings. The molecule has 1 saturated heterocycles. The Bertz CT molecular complexity index is 957. The van der Waals surface area contributed by atoms with E-state index in [1.807, 2.05) is 18.3 Å². The lowest BCUT2D eigenvalue weighted by molar-refractivity contribution is 0.0968. The summed E-state index contributed by atoms with van der Waals surface area (Å²) >= 11 is 1.35. The summed E-state index contributed by atoms with van der Waals surface area (Å²) in [6.45, 7) is 1.77. The van der Waals surface area contributed by atoms with Crippen LogP contribution in [0, 0.1) is 0 Å². The number of rotatable bonds is 4. The molecule has 3 aromatic heterocycles. The van der Waals surface area contributed by atoms with Gasteiger partial charge in [0, 0.05) is 37.6 Å². The van der Waals surface area contributed by atoms with E-state index in [1.54, 1.807) is 19.4 Å². The zero-order valence-corrected chi connectivity index (χ0v) is 16.0. The van der Waals surface area contributed by atoms with Gasteiger partial charge in [-0.15, -0.1) is 11.3 Å². The minimum Gasteiger partial charge on any atom is -0.397 e. The smallest absolute Gasteiger partial charge is 0.263 e. The molecule has 1 amide bonds. The van der Waals surface area contributed by atoms with Gasteiger partial charge in [0.15, 0.2) is 0 Å². The number of piperidine rings is 1. The van der Waals surface area contributed by atoms with Crippen molar-refractivity contribution in [3.05, 3.63) is 47.0 Å². The van der Waals surface area contributed by atoms with Gasteiger partial charge in [0.25, 0.3) is 5.91 Å². The summed E-state index contributed by atoms with van der Waals surface area (Å²) in [5, 5.41) is 3.48. The summed E-state index contributed by atoms with van der Waals surface area (Å²) in [5.41, 5.74) is 8.65. The van der Waals surface area contributed by atoms with Crippen molar-refractivity contribution in [1.82, 2.24) is 25.2 Å². The van der Waals surface area contributed by atoms with Gasteiger partial charge in [0.2, 0.25) is 0 Å². The number of anilines is 1. The number of nitrogens with one attached hydrogen (secondary N) is 1. The Morgan fingerprint density at radius 2 is 2.26 bits per heavy atom. The Balaban J connectivity index is 1.65. The highest BCUT2D eigenvalue weighted by Gasteiger charge is 2.26. The Labute approximate surface area is 161 Å². The van der Waals surface area contributed by atoms with Crippen LogP contribution in [-0.2, 0) is 6.54 Å². The van der Waals surface area contributed by atoms with Crippen LogP contribution in [0.3, 0.4) is 0 Å². The first-order chi connectivity index (χ1) is 13.2. The molecular weight excluding hydrogens is 360 g/mol. The van der Waals surface area contributed by atoms with Crippen molar-refractivity contribution in [3.63, 3.8) is 0 Å². The maximum atomic E-state index is 12.0. The molecule has 0 saturated carbocycles. The van der Waals surface area contributed by atoms with Crippen molar-refractivity contribution < 1.29 is 4.79 Å². The van der Waals surface area contributed by atoms with E-state index in [-0.39, 0.29) is 11.9 Å². The van der Waals surface area contributed by atoms with Gasteiger partial charge in [0.05, 0.1) is 23.1 Å². The lowest BCUT2D eigenvalue weighted by Gasteiger charge is -2.35. The number of likely N-dealkylation sites (tertiary alicyclic amines) is 1. The number of nitrogens with zero attached hydrogens (tertiary/aromatic N) is 4. The minimum absolute atomic E-state index is 0.168. The number of hydrogen-bond acceptors (Lipinski definition) is 7. The lowest BCUT2D eigenvalue weighted by atomic mass is 9.98. The molecule has 4 heterocycles. The number of aromatic nitrogens is 3. The van der Waals surface area contributed by atoms with Crippen LogP contribution < -0.4 is 11.1 Å². The van der Waals surface area contributed by atoms with E-state index >= 15 is 0 Å². The SMILES string of the molecule is CNC(=O)c1sc2nc(C3CCCCN3Cc3cnccn3)ccc2c1N. The summed E-state index contributed by atoms with van der Waals surface area (Å²) in [6.07, 6.45) is 8.65. The van der Waals surface area contributed by atoms with Crippen LogP contribution in [0.15, 0.2) is 30.7 Å². The van der Waals surface area contributed by atoms with Gasteiger partial charge in [-0.05, 0) is 31.5 Å². The molecule has 7 nitrogen and oxygen atoms in total. The molecule has 1 unspecified atom stereocenters. The van der Waals surface area contributed by atoms with Crippen LogP contribution >= 0.6 is 11.3 Å². The second kappa shape index (κ2) is 7.58. The monoisotopic (exact) mass is 382 g/mol. The molecule has 1 atom stereocenters. The molecule has 3 aromatic rings. The maximum absolute atomic E-state index is 12.0. The third-order valence-electron chi connectivity index (χ3n) is 4.99. The first-order valence-electron chi connectivity index (χ1n) is 9.07. The number of nitrogens with two attached hydrogens (primary N) is 1. The van der Waals surface area contributed by atoms with Gasteiger partial charge in [-0.25, -0.2) is 4.98 Å². The molecule has 0 spiro atoms. The molecule has 1 aliphatic heterocycles. The normalized spacial score (nSPS) is 17.9. The highest BCUT2D eigenvalue weighted by Crippen LogP contribution is 2.36. The number of nitrogen functional groups attached to an aromatic ring is 1. The van der Waals surface area contributed by atoms with E-state index < -0.39 is 0 Å². The Hall–Kier alpha value is -2.58. The van der Waals surface area contributed by atoms with Gasteiger partial charge >= 0.3 is 0 Å². The number of carbonyl (C=O) groups excluding carboxylic acids is 1. The second-order valence-electron chi connectivity index (χ2n) is 6.69. The molecule has 8 heteroatoms. The zero-order valence-electron chi connectivity index (χ0n) is 15.2. The number of pyridine rings is 1. The first-order valence-corrected chi connectivity index (χ1v) is 9.89. The highest BCUT2D eigenvalue weighted by atomic mass is 32.1. The summed E-state index contributed by atoms with van der Waals surface area (Å²) in [6, 6.07) is 4.26. The van der Waals surface area contributed by atoms with Crippen LogP contribution in [0.1, 0.15) is 46.4 Å². The van der Waals surface area contributed by atoms with Gasteiger partial charge in [-0.1, -0.05) is 6.42 Å². The Morgan fingerprint density at radius 3 is 3.04 bits per heavy atom. The predicted octanol–water partition coefficient (Wildman–Crippen LogP) is 2.76. The number of amides is 1. The minimum atomic E-state index is -0.168. The van der Waals surface area contributed by atoms with Crippen molar-refractivity contribution in [2.45, 2.75) is 31.8 Å². The van der Waals surface area contributed by atoms with Crippen LogP contribution in [0.25, 0.3) is 10.2 Å². The summed E-state index contributed by atoms with van der Waals surface area (Å²) < 4.78 is 0. The van der Waals surface area contributed by atoms with Crippen LogP contribution in [0.2, 0.25) is 0 Å². The van der Waals surface area contributed by atoms with E-state index in [1.165, 1.54) is 24.2 Å². The predicted molar refractivity (Wildman–Crippen MR) is 106 cm³/mol. The number of thiophene rings is 1. The maximum Gasteiger partial charge on any atom is 0.263 e. The molecule has 0 bridgehead atoms. The largest absolute Gasteiger partial charge is 0.397 e. The van der Waals surface area contributed by atoms with Crippen LogP contribution in [0.4, 0.5) is 5.69 Å². The molecule has 0 radical (unpaired) electrons. The van der Waals surface area contributed by atoms with Crippen molar-refractivity contribution in [3.8, 4) is 0 Å². The molecule has 3 N–H and O–H groups in total.